The molecule has 1 fully saturated rings. The van der Waals surface area contributed by atoms with Gasteiger partial charge in [-0.25, -0.2) is 9.97 Å². The van der Waals surface area contributed by atoms with Gasteiger partial charge < -0.3 is 4.74 Å². The van der Waals surface area contributed by atoms with Crippen molar-refractivity contribution in [3.8, 4) is 17.0 Å². The summed E-state index contributed by atoms with van der Waals surface area (Å²) >= 11 is 1.56. The molecule has 1 atom stereocenters. The summed E-state index contributed by atoms with van der Waals surface area (Å²) in [5.41, 5.74) is 3.08. The van der Waals surface area contributed by atoms with Crippen LogP contribution in [0.3, 0.4) is 0 Å². The predicted molar refractivity (Wildman–Crippen MR) is 78.8 cm³/mol. The van der Waals surface area contributed by atoms with Gasteiger partial charge in [0.15, 0.2) is 11.4 Å². The first kappa shape index (κ1) is 12.2. The van der Waals surface area contributed by atoms with Crippen molar-refractivity contribution >= 4 is 11.8 Å². The lowest BCUT2D eigenvalue weighted by Crippen LogP contribution is -2.31. The molecule has 0 radical (unpaired) electrons. The zero-order valence-electron chi connectivity index (χ0n) is 11.2. The summed E-state index contributed by atoms with van der Waals surface area (Å²) in [7, 11) is 0. The lowest BCUT2D eigenvalue weighted by atomic mass is 10.0. The first-order chi connectivity index (χ1) is 9.85. The van der Waals surface area contributed by atoms with E-state index in [4.69, 9.17) is 4.74 Å². The Balaban J connectivity index is 1.83. The Morgan fingerprint density at radius 2 is 2.15 bits per heavy atom. The molecular weight excluding hydrogens is 270 g/mol. The number of benzene rings is 1. The topological polar surface area (TPSA) is 47.0 Å². The summed E-state index contributed by atoms with van der Waals surface area (Å²) < 4.78 is 6.08. The molecule has 0 amide bonds. The molecule has 1 aromatic carbocycles. The molecule has 102 valence electrons. The third kappa shape index (κ3) is 2.07. The Morgan fingerprint density at radius 1 is 1.30 bits per heavy atom. The average Bonchev–Trinajstić information content (AvgIpc) is 3.31. The minimum absolute atomic E-state index is 0.136. The van der Waals surface area contributed by atoms with Crippen molar-refractivity contribution in [3.05, 3.63) is 36.0 Å². The van der Waals surface area contributed by atoms with Crippen LogP contribution in [-0.4, -0.2) is 22.3 Å². The predicted octanol–water partition coefficient (Wildman–Crippen LogP) is 3.01. The number of nitrogens with zero attached hydrogens (tertiary/aromatic N) is 2. The van der Waals surface area contributed by atoms with Crippen molar-refractivity contribution in [2.45, 2.75) is 30.3 Å². The highest BCUT2D eigenvalue weighted by atomic mass is 32.2. The van der Waals surface area contributed by atoms with Gasteiger partial charge in [-0.3, -0.25) is 5.32 Å². The lowest BCUT2D eigenvalue weighted by Gasteiger charge is -2.28. The molecule has 20 heavy (non-hydrogen) atoms. The van der Waals surface area contributed by atoms with E-state index >= 15 is 0 Å². The number of aromatic nitrogens is 2. The second-order valence-corrected chi connectivity index (χ2v) is 5.87. The van der Waals surface area contributed by atoms with Gasteiger partial charge in [0.05, 0.1) is 11.3 Å². The van der Waals surface area contributed by atoms with Gasteiger partial charge >= 0.3 is 0 Å². The summed E-state index contributed by atoms with van der Waals surface area (Å²) in [6.07, 6.45) is 6.20. The number of hydrogen-bond acceptors (Lipinski definition) is 5. The first-order valence-corrected chi connectivity index (χ1v) is 8.00. The summed E-state index contributed by atoms with van der Waals surface area (Å²) in [6, 6.07) is 8.63. The van der Waals surface area contributed by atoms with Gasteiger partial charge in [0, 0.05) is 17.8 Å². The van der Waals surface area contributed by atoms with Crippen LogP contribution in [0, 0.1) is 0 Å². The normalized spacial score (nSPS) is 19.9. The Kier molecular flexibility index (Phi) is 2.89. The largest absolute Gasteiger partial charge is 0.470 e. The van der Waals surface area contributed by atoms with E-state index in [1.54, 1.807) is 11.8 Å². The van der Waals surface area contributed by atoms with Gasteiger partial charge in [-0.15, -0.1) is 0 Å². The highest BCUT2D eigenvalue weighted by molar-refractivity contribution is 7.98. The lowest BCUT2D eigenvalue weighted by molar-refractivity contribution is 0.159. The maximum atomic E-state index is 6.08. The smallest absolute Gasteiger partial charge is 0.187 e. The van der Waals surface area contributed by atoms with Crippen LogP contribution >= 0.6 is 11.8 Å². The van der Waals surface area contributed by atoms with Crippen molar-refractivity contribution in [1.82, 2.24) is 15.3 Å². The van der Waals surface area contributed by atoms with Crippen LogP contribution in [-0.2, 0) is 0 Å². The van der Waals surface area contributed by atoms with Crippen LogP contribution in [0.1, 0.15) is 24.6 Å². The van der Waals surface area contributed by atoms with E-state index < -0.39 is 0 Å². The minimum Gasteiger partial charge on any atom is -0.470 e. The van der Waals surface area contributed by atoms with Gasteiger partial charge in [-0.2, -0.15) is 0 Å². The van der Waals surface area contributed by atoms with Crippen LogP contribution in [0.2, 0.25) is 0 Å². The molecule has 0 saturated heterocycles. The van der Waals surface area contributed by atoms with Gasteiger partial charge in [0.2, 0.25) is 0 Å². The Bertz CT molecular complexity index is 657. The van der Waals surface area contributed by atoms with E-state index in [1.165, 1.54) is 12.8 Å². The van der Waals surface area contributed by atoms with Crippen molar-refractivity contribution in [2.24, 2.45) is 0 Å². The van der Waals surface area contributed by atoms with Crippen molar-refractivity contribution in [2.75, 3.05) is 6.26 Å². The standard InChI is InChI=1S/C15H15N3OS/c1-20-15-16-8-11-13(18-15)10-4-2-3-5-12(10)19-14(11)17-9-6-7-9/h2-5,8-9,14,17H,6-7H2,1H3/t14-/m0/s1. The third-order valence-electron chi connectivity index (χ3n) is 3.61. The monoisotopic (exact) mass is 285 g/mol. The van der Waals surface area contributed by atoms with Crippen molar-refractivity contribution in [3.63, 3.8) is 0 Å². The van der Waals surface area contributed by atoms with Crippen molar-refractivity contribution < 1.29 is 4.74 Å². The van der Waals surface area contributed by atoms with Gasteiger partial charge in [-0.05, 0) is 31.2 Å². The first-order valence-electron chi connectivity index (χ1n) is 6.78. The molecule has 1 aliphatic heterocycles. The number of thioether (sulfide) groups is 1. The minimum atomic E-state index is -0.136. The maximum Gasteiger partial charge on any atom is 0.187 e. The van der Waals surface area contributed by atoms with Crippen LogP contribution in [0.25, 0.3) is 11.3 Å². The van der Waals surface area contributed by atoms with E-state index in [1.807, 2.05) is 30.7 Å². The highest BCUT2D eigenvalue weighted by Gasteiger charge is 2.32. The average molecular weight is 285 g/mol. The van der Waals surface area contributed by atoms with Crippen LogP contribution in [0.4, 0.5) is 0 Å². The quantitative estimate of drug-likeness (QED) is 0.694. The molecular formula is C15H15N3OS. The second kappa shape index (κ2) is 4.75. The number of ether oxygens (including phenoxy) is 1. The number of nitrogens with one attached hydrogen (secondary N) is 1. The van der Waals surface area contributed by atoms with Crippen LogP contribution in [0.15, 0.2) is 35.6 Å². The van der Waals surface area contributed by atoms with Gasteiger partial charge in [-0.1, -0.05) is 23.9 Å². The van der Waals surface area contributed by atoms with Crippen LogP contribution < -0.4 is 10.1 Å². The Morgan fingerprint density at radius 3 is 2.95 bits per heavy atom. The fraction of sp³-hybridized carbons (Fsp3) is 0.333. The molecule has 1 aromatic heterocycles. The van der Waals surface area contributed by atoms with E-state index in [9.17, 15) is 0 Å². The summed E-state index contributed by atoms with van der Waals surface area (Å²) in [4.78, 5) is 9.08. The zero-order valence-corrected chi connectivity index (χ0v) is 12.0. The van der Waals surface area contributed by atoms with E-state index in [2.05, 4.69) is 21.4 Å². The second-order valence-electron chi connectivity index (χ2n) is 5.10. The molecule has 1 saturated carbocycles. The molecule has 4 rings (SSSR count). The summed E-state index contributed by atoms with van der Waals surface area (Å²) in [5.74, 6) is 0.893. The zero-order chi connectivity index (χ0) is 13.5. The maximum absolute atomic E-state index is 6.08. The summed E-state index contributed by atoms with van der Waals surface area (Å²) in [5, 5.41) is 4.32. The number of hydrogen-bond donors (Lipinski definition) is 1. The molecule has 0 unspecified atom stereocenters. The molecule has 0 spiro atoms. The molecule has 2 aliphatic rings. The van der Waals surface area contributed by atoms with Gasteiger partial charge in [0.25, 0.3) is 0 Å². The van der Waals surface area contributed by atoms with Crippen molar-refractivity contribution in [1.29, 1.82) is 0 Å². The summed E-state index contributed by atoms with van der Waals surface area (Å²) in [6.45, 7) is 0. The molecule has 4 nitrogen and oxygen atoms in total. The number of para-hydroxylation sites is 1. The highest BCUT2D eigenvalue weighted by Crippen LogP contribution is 2.41. The molecule has 1 N–H and O–H groups in total. The SMILES string of the molecule is CSc1ncc2c(n1)-c1ccccc1O[C@@H]2NC1CC1. The Hall–Kier alpha value is -1.59. The number of fused-ring (bicyclic) bond motifs is 3. The third-order valence-corrected chi connectivity index (χ3v) is 4.17. The molecule has 2 aromatic rings. The molecule has 1 aliphatic carbocycles. The van der Waals surface area contributed by atoms with Crippen LogP contribution in [0.5, 0.6) is 5.75 Å². The molecule has 2 heterocycles. The Labute approximate surface area is 122 Å². The van der Waals surface area contributed by atoms with E-state index in [0.29, 0.717) is 6.04 Å². The fourth-order valence-corrected chi connectivity index (χ4v) is 2.76. The van der Waals surface area contributed by atoms with E-state index in [-0.39, 0.29) is 6.23 Å². The number of rotatable bonds is 3. The fourth-order valence-electron chi connectivity index (χ4n) is 2.42. The molecule has 0 bridgehead atoms. The van der Waals surface area contributed by atoms with E-state index in [0.717, 1.165) is 27.7 Å². The molecule has 5 heteroatoms. The van der Waals surface area contributed by atoms with Gasteiger partial charge in [0.1, 0.15) is 5.75 Å².